The van der Waals surface area contributed by atoms with Gasteiger partial charge in [-0.1, -0.05) is 0 Å². The zero-order valence-electron chi connectivity index (χ0n) is 7.97. The summed E-state index contributed by atoms with van der Waals surface area (Å²) in [6.45, 7) is 3.64. The Morgan fingerprint density at radius 3 is 2.75 bits per heavy atom. The number of nitrogens with zero attached hydrogens (tertiary/aromatic N) is 1. The fraction of sp³-hybridized carbons (Fsp3) is 0.889. The van der Waals surface area contributed by atoms with Gasteiger partial charge in [-0.3, -0.25) is 0 Å². The van der Waals surface area contributed by atoms with Gasteiger partial charge < -0.3 is 10.1 Å². The van der Waals surface area contributed by atoms with Crippen LogP contribution in [-0.4, -0.2) is 26.3 Å². The summed E-state index contributed by atoms with van der Waals surface area (Å²) in [5.74, 6) is 0. The van der Waals surface area contributed by atoms with Crippen LogP contribution < -0.4 is 5.32 Å². The molecule has 0 aromatic carbocycles. The maximum absolute atomic E-state index is 8.44. The van der Waals surface area contributed by atoms with Crippen LogP contribution in [0.3, 0.4) is 0 Å². The Labute approximate surface area is 74.7 Å². The summed E-state index contributed by atoms with van der Waals surface area (Å²) >= 11 is 0. The van der Waals surface area contributed by atoms with Crippen molar-refractivity contribution in [2.24, 2.45) is 0 Å². The summed E-state index contributed by atoms with van der Waals surface area (Å²) in [5, 5.41) is 11.6. The van der Waals surface area contributed by atoms with E-state index in [2.05, 4.69) is 11.4 Å². The van der Waals surface area contributed by atoms with Gasteiger partial charge in [0.15, 0.2) is 0 Å². The molecule has 0 amide bonds. The summed E-state index contributed by atoms with van der Waals surface area (Å²) in [4.78, 5) is 0. The highest BCUT2D eigenvalue weighted by Gasteiger charge is 1.95. The molecule has 12 heavy (non-hydrogen) atoms. The van der Waals surface area contributed by atoms with E-state index in [-0.39, 0.29) is 6.04 Å². The molecule has 1 N–H and O–H groups in total. The first-order valence-electron chi connectivity index (χ1n) is 4.43. The second-order valence-corrected chi connectivity index (χ2v) is 2.86. The van der Waals surface area contributed by atoms with Gasteiger partial charge in [0.05, 0.1) is 12.1 Å². The summed E-state index contributed by atoms with van der Waals surface area (Å²) in [5.41, 5.74) is 0. The van der Waals surface area contributed by atoms with Gasteiger partial charge in [-0.2, -0.15) is 5.26 Å². The van der Waals surface area contributed by atoms with Gasteiger partial charge in [-0.05, 0) is 32.7 Å². The molecule has 0 rings (SSSR count). The minimum absolute atomic E-state index is 0.0209. The SMILES string of the molecule is COCCCCCNC(C)C#N. The van der Waals surface area contributed by atoms with Crippen molar-refractivity contribution in [2.75, 3.05) is 20.3 Å². The molecule has 70 valence electrons. The Morgan fingerprint density at radius 2 is 2.17 bits per heavy atom. The fourth-order valence-electron chi connectivity index (χ4n) is 0.912. The standard InChI is InChI=1S/C9H18N2O/c1-9(8-10)11-6-4-3-5-7-12-2/h9,11H,3-7H2,1-2H3. The maximum atomic E-state index is 8.44. The van der Waals surface area contributed by atoms with Crippen molar-refractivity contribution < 1.29 is 4.74 Å². The molecule has 0 fully saturated rings. The van der Waals surface area contributed by atoms with Crippen molar-refractivity contribution in [3.63, 3.8) is 0 Å². The normalized spacial score (nSPS) is 12.4. The molecule has 0 saturated carbocycles. The first-order valence-corrected chi connectivity index (χ1v) is 4.43. The van der Waals surface area contributed by atoms with Crippen LogP contribution in [0.1, 0.15) is 26.2 Å². The molecule has 0 saturated heterocycles. The zero-order chi connectivity index (χ0) is 9.23. The molecule has 0 bridgehead atoms. The molecule has 0 aliphatic rings. The van der Waals surface area contributed by atoms with Gasteiger partial charge in [0.2, 0.25) is 0 Å². The van der Waals surface area contributed by atoms with E-state index in [1.54, 1.807) is 7.11 Å². The third-order valence-corrected chi connectivity index (χ3v) is 1.67. The average molecular weight is 170 g/mol. The largest absolute Gasteiger partial charge is 0.385 e. The highest BCUT2D eigenvalue weighted by Crippen LogP contribution is 1.94. The van der Waals surface area contributed by atoms with E-state index in [9.17, 15) is 0 Å². The van der Waals surface area contributed by atoms with Gasteiger partial charge in [0.25, 0.3) is 0 Å². The highest BCUT2D eigenvalue weighted by atomic mass is 16.5. The van der Waals surface area contributed by atoms with Crippen LogP contribution in [0.15, 0.2) is 0 Å². The third-order valence-electron chi connectivity index (χ3n) is 1.67. The molecule has 0 aromatic heterocycles. The predicted molar refractivity (Wildman–Crippen MR) is 48.8 cm³/mol. The summed E-state index contributed by atoms with van der Waals surface area (Å²) < 4.78 is 4.92. The number of hydrogen-bond donors (Lipinski definition) is 1. The van der Waals surface area contributed by atoms with Crippen molar-refractivity contribution in [1.29, 1.82) is 5.26 Å². The lowest BCUT2D eigenvalue weighted by Gasteiger charge is -2.04. The predicted octanol–water partition coefficient (Wildman–Crippen LogP) is 1.30. The number of rotatable bonds is 7. The van der Waals surface area contributed by atoms with Gasteiger partial charge in [0.1, 0.15) is 0 Å². The average Bonchev–Trinajstić information content (AvgIpc) is 2.10. The second-order valence-electron chi connectivity index (χ2n) is 2.86. The number of methoxy groups -OCH3 is 1. The number of unbranched alkanes of at least 4 members (excludes halogenated alkanes) is 2. The molecule has 0 heterocycles. The molecule has 0 aliphatic carbocycles. The van der Waals surface area contributed by atoms with Crippen LogP contribution >= 0.6 is 0 Å². The monoisotopic (exact) mass is 170 g/mol. The quantitative estimate of drug-likeness (QED) is 0.586. The van der Waals surface area contributed by atoms with Gasteiger partial charge in [-0.25, -0.2) is 0 Å². The highest BCUT2D eigenvalue weighted by molar-refractivity contribution is 4.84. The lowest BCUT2D eigenvalue weighted by atomic mass is 10.2. The van der Waals surface area contributed by atoms with Crippen LogP contribution in [0.4, 0.5) is 0 Å². The van der Waals surface area contributed by atoms with E-state index in [4.69, 9.17) is 10.00 Å². The first-order chi connectivity index (χ1) is 5.81. The Kier molecular flexibility index (Phi) is 8.09. The molecule has 1 unspecified atom stereocenters. The summed E-state index contributed by atoms with van der Waals surface area (Å²) in [7, 11) is 1.72. The molecule has 3 nitrogen and oxygen atoms in total. The van der Waals surface area contributed by atoms with Gasteiger partial charge >= 0.3 is 0 Å². The molecule has 0 spiro atoms. The number of nitriles is 1. The topological polar surface area (TPSA) is 45.0 Å². The van der Waals surface area contributed by atoms with E-state index < -0.39 is 0 Å². The summed E-state index contributed by atoms with van der Waals surface area (Å²) in [6.07, 6.45) is 3.40. The Hall–Kier alpha value is -0.590. The fourth-order valence-corrected chi connectivity index (χ4v) is 0.912. The summed E-state index contributed by atoms with van der Waals surface area (Å²) in [6, 6.07) is 2.11. The Morgan fingerprint density at radius 1 is 1.42 bits per heavy atom. The van der Waals surface area contributed by atoms with Crippen molar-refractivity contribution in [1.82, 2.24) is 5.32 Å². The zero-order valence-corrected chi connectivity index (χ0v) is 7.97. The van der Waals surface area contributed by atoms with Crippen LogP contribution in [0, 0.1) is 11.3 Å². The smallest absolute Gasteiger partial charge is 0.0924 e. The third kappa shape index (κ3) is 7.52. The molecule has 0 radical (unpaired) electrons. The van der Waals surface area contributed by atoms with Crippen molar-refractivity contribution in [3.05, 3.63) is 0 Å². The molecular formula is C9H18N2O. The van der Waals surface area contributed by atoms with Crippen LogP contribution in [0.5, 0.6) is 0 Å². The lowest BCUT2D eigenvalue weighted by Crippen LogP contribution is -2.25. The van der Waals surface area contributed by atoms with Crippen LogP contribution in [0.25, 0.3) is 0 Å². The maximum Gasteiger partial charge on any atom is 0.0924 e. The first kappa shape index (κ1) is 11.4. The van der Waals surface area contributed by atoms with Crippen molar-refractivity contribution in [2.45, 2.75) is 32.2 Å². The number of hydrogen-bond acceptors (Lipinski definition) is 3. The Balaban J connectivity index is 2.96. The van der Waals surface area contributed by atoms with Crippen LogP contribution in [0.2, 0.25) is 0 Å². The minimum Gasteiger partial charge on any atom is -0.385 e. The molecule has 0 aliphatic heterocycles. The van der Waals surface area contributed by atoms with E-state index in [0.717, 1.165) is 26.0 Å². The molecule has 1 atom stereocenters. The van der Waals surface area contributed by atoms with E-state index in [0.29, 0.717) is 0 Å². The lowest BCUT2D eigenvalue weighted by molar-refractivity contribution is 0.192. The van der Waals surface area contributed by atoms with Crippen molar-refractivity contribution >= 4 is 0 Å². The van der Waals surface area contributed by atoms with E-state index >= 15 is 0 Å². The number of nitrogens with one attached hydrogen (secondary N) is 1. The molecule has 0 aromatic rings. The van der Waals surface area contributed by atoms with Gasteiger partial charge in [-0.15, -0.1) is 0 Å². The number of ether oxygens (including phenoxy) is 1. The Bertz CT molecular complexity index is 131. The van der Waals surface area contributed by atoms with Gasteiger partial charge in [0, 0.05) is 13.7 Å². The second kappa shape index (κ2) is 8.51. The van der Waals surface area contributed by atoms with E-state index in [1.807, 2.05) is 6.92 Å². The van der Waals surface area contributed by atoms with Crippen LogP contribution in [-0.2, 0) is 4.74 Å². The minimum atomic E-state index is -0.0209. The molecule has 3 heteroatoms. The molecular weight excluding hydrogens is 152 g/mol. The van der Waals surface area contributed by atoms with Crippen molar-refractivity contribution in [3.8, 4) is 6.07 Å². The van der Waals surface area contributed by atoms with E-state index in [1.165, 1.54) is 6.42 Å².